The van der Waals surface area contributed by atoms with Gasteiger partial charge in [0.05, 0.1) is 12.6 Å². The Hall–Kier alpha value is -0.970. The molecule has 0 fully saturated rings. The van der Waals surface area contributed by atoms with Gasteiger partial charge in [0.15, 0.2) is 0 Å². The first kappa shape index (κ1) is 12.1. The predicted octanol–water partition coefficient (Wildman–Crippen LogP) is 1.76. The Morgan fingerprint density at radius 1 is 1.40 bits per heavy atom. The van der Waals surface area contributed by atoms with Gasteiger partial charge in [-0.3, -0.25) is 11.3 Å². The van der Waals surface area contributed by atoms with Crippen LogP contribution in [0.3, 0.4) is 0 Å². The van der Waals surface area contributed by atoms with E-state index >= 15 is 0 Å². The zero-order valence-electron chi connectivity index (χ0n) is 8.87. The normalized spacial score (nSPS) is 12.7. The van der Waals surface area contributed by atoms with Crippen LogP contribution in [-0.4, -0.2) is 13.2 Å². The SMILES string of the molecule is CCCOCC(NN)c1ccc(F)cc1. The highest BCUT2D eigenvalue weighted by Crippen LogP contribution is 2.13. The molecule has 0 heterocycles. The molecule has 1 aromatic carbocycles. The maximum Gasteiger partial charge on any atom is 0.123 e. The number of hydrogen-bond acceptors (Lipinski definition) is 3. The largest absolute Gasteiger partial charge is 0.379 e. The predicted molar refractivity (Wildman–Crippen MR) is 57.6 cm³/mol. The lowest BCUT2D eigenvalue weighted by molar-refractivity contribution is 0.112. The van der Waals surface area contributed by atoms with Crippen LogP contribution in [0, 0.1) is 5.82 Å². The zero-order valence-corrected chi connectivity index (χ0v) is 8.87. The number of hydrogen-bond donors (Lipinski definition) is 2. The van der Waals surface area contributed by atoms with E-state index in [2.05, 4.69) is 5.43 Å². The van der Waals surface area contributed by atoms with E-state index in [1.54, 1.807) is 12.1 Å². The van der Waals surface area contributed by atoms with Gasteiger partial charge < -0.3 is 4.74 Å². The van der Waals surface area contributed by atoms with Gasteiger partial charge in [-0.2, -0.15) is 0 Å². The summed E-state index contributed by atoms with van der Waals surface area (Å²) in [4.78, 5) is 0. The molecular formula is C11H17FN2O. The summed E-state index contributed by atoms with van der Waals surface area (Å²) in [7, 11) is 0. The minimum Gasteiger partial charge on any atom is -0.379 e. The lowest BCUT2D eigenvalue weighted by Gasteiger charge is -2.16. The van der Waals surface area contributed by atoms with E-state index in [-0.39, 0.29) is 11.9 Å². The summed E-state index contributed by atoms with van der Waals surface area (Å²) in [5.74, 6) is 5.16. The zero-order chi connectivity index (χ0) is 11.1. The molecule has 84 valence electrons. The minimum absolute atomic E-state index is 0.0860. The van der Waals surface area contributed by atoms with Gasteiger partial charge in [-0.1, -0.05) is 19.1 Å². The van der Waals surface area contributed by atoms with E-state index in [1.807, 2.05) is 6.92 Å². The first-order chi connectivity index (χ1) is 7.27. The number of hydrazine groups is 1. The van der Waals surface area contributed by atoms with Gasteiger partial charge in [0.1, 0.15) is 5.82 Å². The van der Waals surface area contributed by atoms with Gasteiger partial charge in [0.25, 0.3) is 0 Å². The molecule has 4 heteroatoms. The van der Waals surface area contributed by atoms with Crippen LogP contribution in [-0.2, 0) is 4.74 Å². The van der Waals surface area contributed by atoms with E-state index in [0.29, 0.717) is 13.2 Å². The Kier molecular flexibility index (Phi) is 5.25. The fraction of sp³-hybridized carbons (Fsp3) is 0.455. The number of benzene rings is 1. The average molecular weight is 212 g/mol. The molecule has 0 aliphatic rings. The van der Waals surface area contributed by atoms with Crippen molar-refractivity contribution in [3.63, 3.8) is 0 Å². The van der Waals surface area contributed by atoms with E-state index in [4.69, 9.17) is 10.6 Å². The summed E-state index contributed by atoms with van der Waals surface area (Å²) >= 11 is 0. The van der Waals surface area contributed by atoms with E-state index in [1.165, 1.54) is 12.1 Å². The van der Waals surface area contributed by atoms with Crippen molar-refractivity contribution in [3.05, 3.63) is 35.6 Å². The second-order valence-electron chi connectivity index (χ2n) is 3.35. The van der Waals surface area contributed by atoms with Gasteiger partial charge >= 0.3 is 0 Å². The highest BCUT2D eigenvalue weighted by Gasteiger charge is 2.09. The molecular weight excluding hydrogens is 195 g/mol. The number of halogens is 1. The van der Waals surface area contributed by atoms with Gasteiger partial charge in [-0.15, -0.1) is 0 Å². The second kappa shape index (κ2) is 6.50. The highest BCUT2D eigenvalue weighted by molar-refractivity contribution is 5.19. The molecule has 0 radical (unpaired) electrons. The van der Waals surface area contributed by atoms with Crippen LogP contribution in [0.1, 0.15) is 24.9 Å². The topological polar surface area (TPSA) is 47.3 Å². The van der Waals surface area contributed by atoms with Crippen LogP contribution >= 0.6 is 0 Å². The van der Waals surface area contributed by atoms with E-state index in [9.17, 15) is 4.39 Å². The first-order valence-electron chi connectivity index (χ1n) is 5.07. The number of rotatable bonds is 6. The smallest absolute Gasteiger partial charge is 0.123 e. The van der Waals surface area contributed by atoms with Crippen molar-refractivity contribution in [1.29, 1.82) is 0 Å². The van der Waals surface area contributed by atoms with Crippen molar-refractivity contribution in [1.82, 2.24) is 5.43 Å². The van der Waals surface area contributed by atoms with Crippen LogP contribution in [0.4, 0.5) is 4.39 Å². The maximum absolute atomic E-state index is 12.7. The molecule has 1 rings (SSSR count). The van der Waals surface area contributed by atoms with Gasteiger partial charge in [-0.25, -0.2) is 4.39 Å². The van der Waals surface area contributed by atoms with Crippen molar-refractivity contribution in [3.8, 4) is 0 Å². The molecule has 0 aliphatic heterocycles. The van der Waals surface area contributed by atoms with Gasteiger partial charge in [0.2, 0.25) is 0 Å². The van der Waals surface area contributed by atoms with Gasteiger partial charge in [-0.05, 0) is 24.1 Å². The summed E-state index contributed by atoms with van der Waals surface area (Å²) in [5.41, 5.74) is 3.58. The van der Waals surface area contributed by atoms with Crippen LogP contribution in [0.25, 0.3) is 0 Å². The molecule has 0 saturated heterocycles. The fourth-order valence-corrected chi connectivity index (χ4v) is 1.28. The maximum atomic E-state index is 12.7. The molecule has 0 spiro atoms. The highest BCUT2D eigenvalue weighted by atomic mass is 19.1. The fourth-order valence-electron chi connectivity index (χ4n) is 1.28. The van der Waals surface area contributed by atoms with Crippen molar-refractivity contribution >= 4 is 0 Å². The lowest BCUT2D eigenvalue weighted by atomic mass is 10.1. The Morgan fingerprint density at radius 2 is 2.07 bits per heavy atom. The first-order valence-corrected chi connectivity index (χ1v) is 5.07. The van der Waals surface area contributed by atoms with Crippen LogP contribution < -0.4 is 11.3 Å². The third-order valence-corrected chi connectivity index (χ3v) is 2.11. The van der Waals surface area contributed by atoms with Crippen LogP contribution in [0.2, 0.25) is 0 Å². The minimum atomic E-state index is -0.246. The molecule has 0 aliphatic carbocycles. The average Bonchev–Trinajstić information content (AvgIpc) is 2.26. The Bertz CT molecular complexity index is 276. The van der Waals surface area contributed by atoms with Crippen molar-refractivity contribution in [2.24, 2.45) is 5.84 Å². The molecule has 15 heavy (non-hydrogen) atoms. The van der Waals surface area contributed by atoms with Crippen LogP contribution in [0.5, 0.6) is 0 Å². The van der Waals surface area contributed by atoms with Crippen molar-refractivity contribution in [2.45, 2.75) is 19.4 Å². The van der Waals surface area contributed by atoms with Gasteiger partial charge in [0, 0.05) is 6.61 Å². The summed E-state index contributed by atoms with van der Waals surface area (Å²) in [6.45, 7) is 3.25. The van der Waals surface area contributed by atoms with Crippen molar-refractivity contribution < 1.29 is 9.13 Å². The molecule has 0 saturated carbocycles. The van der Waals surface area contributed by atoms with E-state index < -0.39 is 0 Å². The number of ether oxygens (including phenoxy) is 1. The standard InChI is InChI=1S/C11H17FN2O/c1-2-7-15-8-11(14-13)9-3-5-10(12)6-4-9/h3-6,11,14H,2,7-8,13H2,1H3. The Morgan fingerprint density at radius 3 is 2.60 bits per heavy atom. The summed E-state index contributed by atoms with van der Waals surface area (Å²) in [5, 5.41) is 0. The quantitative estimate of drug-likeness (QED) is 0.429. The monoisotopic (exact) mass is 212 g/mol. The third kappa shape index (κ3) is 3.95. The third-order valence-electron chi connectivity index (χ3n) is 2.11. The summed E-state index contributed by atoms with van der Waals surface area (Å²) in [6, 6.07) is 6.15. The second-order valence-corrected chi connectivity index (χ2v) is 3.35. The molecule has 1 unspecified atom stereocenters. The number of nitrogens with two attached hydrogens (primary N) is 1. The summed E-state index contributed by atoms with van der Waals surface area (Å²) in [6.07, 6.45) is 0.973. The number of nitrogens with one attached hydrogen (secondary N) is 1. The molecule has 1 atom stereocenters. The molecule has 0 bridgehead atoms. The molecule has 3 N–H and O–H groups in total. The molecule has 1 aromatic rings. The molecule has 3 nitrogen and oxygen atoms in total. The molecule has 0 amide bonds. The molecule has 0 aromatic heterocycles. The van der Waals surface area contributed by atoms with Crippen LogP contribution in [0.15, 0.2) is 24.3 Å². The summed E-state index contributed by atoms with van der Waals surface area (Å²) < 4.78 is 18.1. The van der Waals surface area contributed by atoms with Crippen molar-refractivity contribution in [2.75, 3.05) is 13.2 Å². The Labute approximate surface area is 89.4 Å². The lowest BCUT2D eigenvalue weighted by Crippen LogP contribution is -2.31. The Balaban J connectivity index is 2.53. The van der Waals surface area contributed by atoms with E-state index in [0.717, 1.165) is 12.0 Å².